The van der Waals surface area contributed by atoms with E-state index in [4.69, 9.17) is 11.6 Å². The van der Waals surface area contributed by atoms with Crippen molar-refractivity contribution in [3.05, 3.63) is 51.9 Å². The van der Waals surface area contributed by atoms with Gasteiger partial charge < -0.3 is 14.9 Å². The van der Waals surface area contributed by atoms with Crippen LogP contribution >= 0.6 is 11.6 Å². The highest BCUT2D eigenvalue weighted by atomic mass is 35.5. The monoisotopic (exact) mass is 456 g/mol. The van der Waals surface area contributed by atoms with Crippen molar-refractivity contribution in [1.82, 2.24) is 4.98 Å². The minimum atomic E-state index is -4.78. The fraction of sp³-hybridized carbons (Fsp3) is 0.350. The Bertz CT molecular complexity index is 1070. The van der Waals surface area contributed by atoms with Crippen LogP contribution in [0.5, 0.6) is 0 Å². The number of benzene rings is 1. The Morgan fingerprint density at radius 3 is 2.65 bits per heavy atom. The van der Waals surface area contributed by atoms with Crippen LogP contribution in [0.3, 0.4) is 0 Å². The van der Waals surface area contributed by atoms with Gasteiger partial charge in [-0.1, -0.05) is 11.6 Å². The van der Waals surface area contributed by atoms with Gasteiger partial charge in [0.05, 0.1) is 17.2 Å². The number of likely N-dealkylation sites (N-methyl/N-ethyl adjacent to an activating group) is 1. The summed E-state index contributed by atoms with van der Waals surface area (Å²) in [7, 11) is 1.40. The lowest BCUT2D eigenvalue weighted by molar-refractivity contribution is -0.137. The number of aliphatic hydroxyl groups excluding tert-OH is 1. The predicted molar refractivity (Wildman–Crippen MR) is 105 cm³/mol. The van der Waals surface area contributed by atoms with Gasteiger partial charge in [0.25, 0.3) is 0 Å². The summed E-state index contributed by atoms with van der Waals surface area (Å²) >= 11 is 5.77. The van der Waals surface area contributed by atoms with E-state index in [1.54, 1.807) is 6.07 Å². The Kier molecular flexibility index (Phi) is 6.11. The van der Waals surface area contributed by atoms with Crippen molar-refractivity contribution in [2.45, 2.75) is 19.1 Å². The molecule has 1 aliphatic heterocycles. The average Bonchev–Trinajstić information content (AvgIpc) is 2.68. The second-order valence-electron chi connectivity index (χ2n) is 7.15. The summed E-state index contributed by atoms with van der Waals surface area (Å²) in [6, 6.07) is 4.88. The zero-order valence-corrected chi connectivity index (χ0v) is 17.2. The van der Waals surface area contributed by atoms with E-state index in [2.05, 4.69) is 4.98 Å². The van der Waals surface area contributed by atoms with Crippen LogP contribution in [0.15, 0.2) is 24.3 Å². The molecule has 0 aliphatic carbocycles. The third kappa shape index (κ3) is 4.16. The number of hydrogen-bond donors (Lipinski definition) is 1. The first kappa shape index (κ1) is 22.8. The summed E-state index contributed by atoms with van der Waals surface area (Å²) in [4.78, 5) is 19.7. The zero-order valence-electron chi connectivity index (χ0n) is 16.4. The molecule has 1 aromatic heterocycles. The summed E-state index contributed by atoms with van der Waals surface area (Å²) in [5, 5.41) is 18.8. The molecule has 11 heteroatoms. The van der Waals surface area contributed by atoms with Gasteiger partial charge in [0.15, 0.2) is 0 Å². The molecule has 6 nitrogen and oxygen atoms in total. The van der Waals surface area contributed by atoms with Crippen LogP contribution in [0.1, 0.15) is 16.8 Å². The highest BCUT2D eigenvalue weighted by Crippen LogP contribution is 2.40. The predicted octanol–water partition coefficient (Wildman–Crippen LogP) is 3.53. The number of pyridine rings is 1. The number of amides is 1. The van der Waals surface area contributed by atoms with Gasteiger partial charge in [0.1, 0.15) is 29.3 Å². The maximum Gasteiger partial charge on any atom is 0.417 e. The lowest BCUT2D eigenvalue weighted by atomic mass is 9.87. The standard InChI is InChI=1S/C20H17ClF4N4O2/c1-10-5-14(20(23,24)25)13(7-26)18(27-10)29-8-11(9-30)17(29)19(31)28(2)12-3-4-16(22)15(21)6-12/h3-6,11,17,30H,8-9H2,1-2H3/t11-,17-/m0/s1. The second kappa shape index (κ2) is 8.32. The Morgan fingerprint density at radius 1 is 1.42 bits per heavy atom. The number of halogens is 5. The lowest BCUT2D eigenvalue weighted by Gasteiger charge is -2.48. The summed E-state index contributed by atoms with van der Waals surface area (Å²) in [5.74, 6) is -2.11. The van der Waals surface area contributed by atoms with Crippen molar-refractivity contribution in [1.29, 1.82) is 5.26 Å². The minimum Gasteiger partial charge on any atom is -0.396 e. The van der Waals surface area contributed by atoms with Crippen LogP contribution in [0, 0.1) is 30.0 Å². The first-order chi connectivity index (χ1) is 14.5. The highest BCUT2D eigenvalue weighted by molar-refractivity contribution is 6.31. The molecule has 1 aromatic carbocycles. The molecule has 0 radical (unpaired) electrons. The van der Waals surface area contributed by atoms with Crippen LogP contribution in [0.2, 0.25) is 5.02 Å². The summed E-state index contributed by atoms with van der Waals surface area (Å²) < 4.78 is 53.8. The first-order valence-corrected chi connectivity index (χ1v) is 9.46. The van der Waals surface area contributed by atoms with Crippen LogP contribution in [0.4, 0.5) is 29.1 Å². The molecule has 2 heterocycles. The maximum atomic E-state index is 13.4. The molecule has 164 valence electrons. The van der Waals surface area contributed by atoms with Crippen molar-refractivity contribution >= 4 is 29.0 Å². The van der Waals surface area contributed by atoms with E-state index in [0.717, 1.165) is 17.0 Å². The molecule has 1 amide bonds. The van der Waals surface area contributed by atoms with Gasteiger partial charge in [-0.25, -0.2) is 9.37 Å². The number of rotatable bonds is 4. The van der Waals surface area contributed by atoms with E-state index in [1.165, 1.54) is 31.0 Å². The molecular formula is C20H17ClF4N4O2. The average molecular weight is 457 g/mol. The highest BCUT2D eigenvalue weighted by Gasteiger charge is 2.48. The van der Waals surface area contributed by atoms with E-state index in [1.807, 2.05) is 0 Å². The van der Waals surface area contributed by atoms with Gasteiger partial charge in [-0.15, -0.1) is 0 Å². The number of alkyl halides is 3. The van der Waals surface area contributed by atoms with Crippen LogP contribution in [0.25, 0.3) is 0 Å². The first-order valence-electron chi connectivity index (χ1n) is 9.08. The molecular weight excluding hydrogens is 440 g/mol. The Labute approximate surface area is 180 Å². The molecule has 0 bridgehead atoms. The molecule has 1 N–H and O–H groups in total. The number of carbonyl (C=O) groups is 1. The molecule has 1 saturated heterocycles. The van der Waals surface area contributed by atoms with Crippen molar-refractivity contribution in [2.24, 2.45) is 5.92 Å². The number of nitriles is 1. The van der Waals surface area contributed by atoms with Crippen LogP contribution in [-0.2, 0) is 11.0 Å². The van der Waals surface area contributed by atoms with Crippen molar-refractivity contribution in [3.63, 3.8) is 0 Å². The fourth-order valence-electron chi connectivity index (χ4n) is 3.51. The minimum absolute atomic E-state index is 0.0265. The number of aryl methyl sites for hydroxylation is 1. The number of anilines is 2. The molecule has 0 saturated carbocycles. The van der Waals surface area contributed by atoms with E-state index in [-0.39, 0.29) is 28.8 Å². The van der Waals surface area contributed by atoms with Crippen LogP contribution in [-0.4, -0.2) is 42.2 Å². The van der Waals surface area contributed by atoms with Gasteiger partial charge >= 0.3 is 6.18 Å². The summed E-state index contributed by atoms with van der Waals surface area (Å²) in [5.41, 5.74) is -1.55. The third-order valence-electron chi connectivity index (χ3n) is 5.14. The summed E-state index contributed by atoms with van der Waals surface area (Å²) in [6.07, 6.45) is -4.78. The Balaban J connectivity index is 2.02. The number of nitrogens with zero attached hydrogens (tertiary/aromatic N) is 4. The van der Waals surface area contributed by atoms with E-state index in [9.17, 15) is 32.7 Å². The Morgan fingerprint density at radius 2 is 2.10 bits per heavy atom. The number of aromatic nitrogens is 1. The summed E-state index contributed by atoms with van der Waals surface area (Å²) in [6.45, 7) is 0.991. The molecule has 2 atom stereocenters. The SMILES string of the molecule is Cc1cc(C(F)(F)F)c(C#N)c(N2C[C@@H](CO)[C@H]2C(=O)N(C)c2ccc(F)c(Cl)c2)n1. The second-order valence-corrected chi connectivity index (χ2v) is 7.56. The van der Waals surface area contributed by atoms with Gasteiger partial charge in [-0.3, -0.25) is 4.79 Å². The van der Waals surface area contributed by atoms with Gasteiger partial charge in [-0.2, -0.15) is 18.4 Å². The molecule has 0 spiro atoms. The quantitative estimate of drug-likeness (QED) is 0.712. The normalized spacial score (nSPS) is 18.4. The maximum absolute atomic E-state index is 13.4. The lowest BCUT2D eigenvalue weighted by Crippen LogP contribution is -2.65. The van der Waals surface area contributed by atoms with Gasteiger partial charge in [0, 0.05) is 30.9 Å². The molecule has 1 aliphatic rings. The fourth-order valence-corrected chi connectivity index (χ4v) is 3.69. The number of aliphatic hydroxyl groups is 1. The largest absolute Gasteiger partial charge is 0.417 e. The van der Waals surface area contributed by atoms with Crippen LogP contribution < -0.4 is 9.80 Å². The molecule has 1 fully saturated rings. The van der Waals surface area contributed by atoms with E-state index < -0.39 is 47.6 Å². The zero-order chi connectivity index (χ0) is 23.1. The van der Waals surface area contributed by atoms with Gasteiger partial charge in [-0.05, 0) is 31.2 Å². The molecule has 0 unspecified atom stereocenters. The van der Waals surface area contributed by atoms with Crippen molar-refractivity contribution < 1.29 is 27.5 Å². The topological polar surface area (TPSA) is 80.5 Å². The van der Waals surface area contributed by atoms with Crippen molar-refractivity contribution in [3.8, 4) is 6.07 Å². The van der Waals surface area contributed by atoms with E-state index >= 15 is 0 Å². The third-order valence-corrected chi connectivity index (χ3v) is 5.43. The molecule has 31 heavy (non-hydrogen) atoms. The molecule has 3 rings (SSSR count). The number of carbonyl (C=O) groups excluding carboxylic acids is 1. The van der Waals surface area contributed by atoms with E-state index in [0.29, 0.717) is 0 Å². The van der Waals surface area contributed by atoms with Gasteiger partial charge in [0.2, 0.25) is 5.91 Å². The molecule has 2 aromatic rings. The smallest absolute Gasteiger partial charge is 0.396 e. The van der Waals surface area contributed by atoms with Crippen molar-refractivity contribution in [2.75, 3.05) is 30.0 Å². The number of hydrogen-bond acceptors (Lipinski definition) is 5. The Hall–Kier alpha value is -2.90.